The van der Waals surface area contributed by atoms with Gasteiger partial charge in [0.05, 0.1) is 11.3 Å². The van der Waals surface area contributed by atoms with Gasteiger partial charge in [0, 0.05) is 16.5 Å². The third kappa shape index (κ3) is 3.24. The van der Waals surface area contributed by atoms with Crippen molar-refractivity contribution in [1.29, 1.82) is 5.26 Å². The number of aromatic hydroxyl groups is 1. The highest BCUT2D eigenvalue weighted by molar-refractivity contribution is 7.16. The van der Waals surface area contributed by atoms with E-state index in [9.17, 15) is 20.0 Å². The molecular formula is C24H18N4O3S. The fourth-order valence-electron chi connectivity index (χ4n) is 4.16. The zero-order valence-corrected chi connectivity index (χ0v) is 17.8. The first-order valence-electron chi connectivity index (χ1n) is 10.2. The average molecular weight is 443 g/mol. The number of aromatic amines is 1. The molecule has 2 heterocycles. The topological polar surface area (TPSA) is 111 Å². The number of nitrogens with one attached hydrogen (secondary N) is 1. The van der Waals surface area contributed by atoms with E-state index >= 15 is 0 Å². The molecule has 0 bridgehead atoms. The van der Waals surface area contributed by atoms with Crippen molar-refractivity contribution >= 4 is 33.3 Å². The lowest BCUT2D eigenvalue weighted by Crippen LogP contribution is -2.31. The highest BCUT2D eigenvalue weighted by Gasteiger charge is 2.21. The minimum Gasteiger partial charge on any atom is -0.493 e. The maximum atomic E-state index is 12.6. The van der Waals surface area contributed by atoms with Gasteiger partial charge in [-0.25, -0.2) is 14.4 Å². The molecule has 1 aliphatic carbocycles. The van der Waals surface area contributed by atoms with Crippen LogP contribution < -0.4 is 11.2 Å². The molecule has 0 amide bonds. The van der Waals surface area contributed by atoms with Crippen LogP contribution in [0.3, 0.4) is 0 Å². The van der Waals surface area contributed by atoms with Crippen LogP contribution in [-0.2, 0) is 12.8 Å². The van der Waals surface area contributed by atoms with E-state index in [0.717, 1.165) is 51.5 Å². The van der Waals surface area contributed by atoms with E-state index in [1.807, 2.05) is 30.3 Å². The van der Waals surface area contributed by atoms with Gasteiger partial charge in [-0.15, -0.1) is 11.3 Å². The van der Waals surface area contributed by atoms with Crippen LogP contribution in [0.5, 0.6) is 5.88 Å². The molecule has 2 aromatic heterocycles. The van der Waals surface area contributed by atoms with Gasteiger partial charge in [-0.3, -0.25) is 9.78 Å². The summed E-state index contributed by atoms with van der Waals surface area (Å²) in [4.78, 5) is 32.9. The summed E-state index contributed by atoms with van der Waals surface area (Å²) in [5, 5.41) is 22.7. The van der Waals surface area contributed by atoms with Crippen LogP contribution in [0.1, 0.15) is 34.4 Å². The van der Waals surface area contributed by atoms with Crippen molar-refractivity contribution in [2.24, 2.45) is 4.99 Å². The number of aromatic nitrogens is 2. The van der Waals surface area contributed by atoms with E-state index < -0.39 is 17.1 Å². The van der Waals surface area contributed by atoms with Crippen LogP contribution in [0, 0.1) is 11.3 Å². The number of rotatable bonds is 3. The molecule has 8 heteroatoms. The van der Waals surface area contributed by atoms with Gasteiger partial charge < -0.3 is 5.11 Å². The smallest absolute Gasteiger partial charge is 0.335 e. The molecule has 158 valence electrons. The zero-order valence-electron chi connectivity index (χ0n) is 17.0. The molecule has 5 rings (SSSR count). The Morgan fingerprint density at radius 2 is 1.91 bits per heavy atom. The molecule has 1 aliphatic rings. The largest absolute Gasteiger partial charge is 0.493 e. The van der Waals surface area contributed by atoms with Gasteiger partial charge in [0.15, 0.2) is 0 Å². The Balaban J connectivity index is 1.66. The molecule has 2 N–H and O–H groups in total. The summed E-state index contributed by atoms with van der Waals surface area (Å²) in [6, 6.07) is 15.1. The first kappa shape index (κ1) is 20.0. The second-order valence-electron chi connectivity index (χ2n) is 7.59. The lowest BCUT2D eigenvalue weighted by Gasteiger charge is -2.12. The Kier molecular flexibility index (Phi) is 4.96. The van der Waals surface area contributed by atoms with Gasteiger partial charge in [0.1, 0.15) is 16.6 Å². The number of nitriles is 1. The SMILES string of the molecule is N#Cc1c(/N=C/c2c(O)n(-c3cccc4ccccc34)c(=O)[nH]c2=O)sc2c1CCCC2. The number of hydrogen-bond donors (Lipinski definition) is 2. The Hall–Kier alpha value is -3.96. The molecular weight excluding hydrogens is 424 g/mol. The van der Waals surface area contributed by atoms with E-state index in [1.165, 1.54) is 17.6 Å². The molecule has 2 aromatic carbocycles. The normalized spacial score (nSPS) is 13.3. The molecule has 0 unspecified atom stereocenters. The average Bonchev–Trinajstić information content (AvgIpc) is 3.16. The maximum Gasteiger partial charge on any atom is 0.335 e. The summed E-state index contributed by atoms with van der Waals surface area (Å²) in [5.41, 5.74) is 0.375. The van der Waals surface area contributed by atoms with Gasteiger partial charge in [-0.1, -0.05) is 36.4 Å². The Bertz CT molecular complexity index is 1550. The van der Waals surface area contributed by atoms with E-state index in [2.05, 4.69) is 16.0 Å². The molecule has 0 radical (unpaired) electrons. The first-order valence-corrected chi connectivity index (χ1v) is 11.0. The van der Waals surface area contributed by atoms with Crippen molar-refractivity contribution in [2.75, 3.05) is 0 Å². The van der Waals surface area contributed by atoms with Crippen LogP contribution in [0.25, 0.3) is 16.5 Å². The standard InChI is InChI=1S/C24H18N4O3S/c25-12-17-16-9-3-4-11-20(16)32-22(17)26-13-18-21(29)27-24(31)28(23(18)30)19-10-5-7-14-6-1-2-8-15(14)19/h1-2,5-8,10,13,30H,3-4,9,11H2,(H,27,29,31)/b26-13+. The molecule has 0 atom stereocenters. The van der Waals surface area contributed by atoms with Crippen molar-refractivity contribution in [3.63, 3.8) is 0 Å². The van der Waals surface area contributed by atoms with Gasteiger partial charge >= 0.3 is 5.69 Å². The van der Waals surface area contributed by atoms with Crippen LogP contribution in [0.2, 0.25) is 0 Å². The summed E-state index contributed by atoms with van der Waals surface area (Å²) in [6.07, 6.45) is 5.12. The number of fused-ring (bicyclic) bond motifs is 2. The highest BCUT2D eigenvalue weighted by atomic mass is 32.1. The Morgan fingerprint density at radius 1 is 1.12 bits per heavy atom. The highest BCUT2D eigenvalue weighted by Crippen LogP contribution is 2.39. The molecule has 0 saturated carbocycles. The summed E-state index contributed by atoms with van der Waals surface area (Å²) >= 11 is 1.44. The number of H-pyrrole nitrogens is 1. The van der Waals surface area contributed by atoms with Gasteiger partial charge in [0.25, 0.3) is 5.56 Å². The van der Waals surface area contributed by atoms with Crippen molar-refractivity contribution in [1.82, 2.24) is 9.55 Å². The summed E-state index contributed by atoms with van der Waals surface area (Å²) in [6.45, 7) is 0. The third-order valence-corrected chi connectivity index (χ3v) is 6.90. The summed E-state index contributed by atoms with van der Waals surface area (Å²) in [7, 11) is 0. The molecule has 7 nitrogen and oxygen atoms in total. The monoisotopic (exact) mass is 442 g/mol. The number of nitrogens with zero attached hydrogens (tertiary/aromatic N) is 3. The molecule has 0 saturated heterocycles. The third-order valence-electron chi connectivity index (χ3n) is 5.70. The fourth-order valence-corrected chi connectivity index (χ4v) is 5.35. The molecule has 0 spiro atoms. The molecule has 0 aliphatic heterocycles. The lowest BCUT2D eigenvalue weighted by molar-refractivity contribution is 0.430. The molecule has 0 fully saturated rings. The first-order chi connectivity index (χ1) is 15.6. The second kappa shape index (κ2) is 7.94. The van der Waals surface area contributed by atoms with Gasteiger partial charge in [0.2, 0.25) is 5.88 Å². The van der Waals surface area contributed by atoms with Crippen LogP contribution >= 0.6 is 11.3 Å². The lowest BCUT2D eigenvalue weighted by atomic mass is 9.96. The number of aryl methyl sites for hydroxylation is 1. The van der Waals surface area contributed by atoms with Crippen molar-refractivity contribution in [3.8, 4) is 17.6 Å². The predicted octanol–water partition coefficient (Wildman–Crippen LogP) is 3.95. The number of aliphatic imine (C=N–C) groups is 1. The van der Waals surface area contributed by atoms with E-state index in [4.69, 9.17) is 0 Å². The van der Waals surface area contributed by atoms with E-state index in [1.54, 1.807) is 12.1 Å². The summed E-state index contributed by atoms with van der Waals surface area (Å²) in [5.74, 6) is -0.501. The Labute approximate surface area is 186 Å². The van der Waals surface area contributed by atoms with Crippen LogP contribution in [0.4, 0.5) is 5.00 Å². The second-order valence-corrected chi connectivity index (χ2v) is 8.67. The minimum absolute atomic E-state index is 0.146. The number of benzene rings is 2. The number of thiophene rings is 1. The van der Waals surface area contributed by atoms with E-state index in [-0.39, 0.29) is 5.56 Å². The predicted molar refractivity (Wildman–Crippen MR) is 125 cm³/mol. The van der Waals surface area contributed by atoms with Crippen LogP contribution in [0.15, 0.2) is 57.0 Å². The Morgan fingerprint density at radius 3 is 2.75 bits per heavy atom. The van der Waals surface area contributed by atoms with Crippen molar-refractivity contribution < 1.29 is 5.11 Å². The minimum atomic E-state index is -0.745. The van der Waals surface area contributed by atoms with Crippen molar-refractivity contribution in [3.05, 3.63) is 84.9 Å². The van der Waals surface area contributed by atoms with E-state index in [0.29, 0.717) is 16.3 Å². The zero-order chi connectivity index (χ0) is 22.2. The maximum absolute atomic E-state index is 12.6. The molecule has 32 heavy (non-hydrogen) atoms. The fraction of sp³-hybridized carbons (Fsp3) is 0.167. The molecule has 4 aromatic rings. The van der Waals surface area contributed by atoms with Gasteiger partial charge in [-0.2, -0.15) is 5.26 Å². The van der Waals surface area contributed by atoms with Crippen LogP contribution in [-0.4, -0.2) is 20.9 Å². The quantitative estimate of drug-likeness (QED) is 0.468. The summed E-state index contributed by atoms with van der Waals surface area (Å²) < 4.78 is 1.07. The van der Waals surface area contributed by atoms with Gasteiger partial charge in [-0.05, 0) is 42.7 Å². The van der Waals surface area contributed by atoms with Crippen molar-refractivity contribution in [2.45, 2.75) is 25.7 Å². The number of hydrogen-bond acceptors (Lipinski definition) is 6.